The molecule has 0 bridgehead atoms. The Morgan fingerprint density at radius 3 is 2.55 bits per heavy atom. The van der Waals surface area contributed by atoms with Gasteiger partial charge in [0.05, 0.1) is 0 Å². The number of rotatable bonds is 5. The van der Waals surface area contributed by atoms with E-state index in [0.717, 1.165) is 16.5 Å². The molecule has 0 heterocycles. The van der Waals surface area contributed by atoms with Gasteiger partial charge in [0.15, 0.2) is 0 Å². The van der Waals surface area contributed by atoms with Crippen molar-refractivity contribution in [1.82, 2.24) is 0 Å². The number of hydrogen-bond donors (Lipinski definition) is 1. The van der Waals surface area contributed by atoms with Crippen molar-refractivity contribution in [3.8, 4) is 5.75 Å². The van der Waals surface area contributed by atoms with Gasteiger partial charge in [-0.25, -0.2) is 4.39 Å². The number of halogens is 3. The van der Waals surface area contributed by atoms with Crippen molar-refractivity contribution >= 4 is 31.9 Å². The molecule has 0 aromatic heterocycles. The van der Waals surface area contributed by atoms with Crippen LogP contribution in [-0.4, -0.2) is 6.54 Å². The van der Waals surface area contributed by atoms with Gasteiger partial charge in [0.1, 0.15) is 18.2 Å². The van der Waals surface area contributed by atoms with E-state index in [2.05, 4.69) is 31.9 Å². The minimum atomic E-state index is -0.279. The summed E-state index contributed by atoms with van der Waals surface area (Å²) < 4.78 is 21.0. The summed E-state index contributed by atoms with van der Waals surface area (Å²) in [7, 11) is 0. The monoisotopic (exact) mass is 401 g/mol. The molecule has 2 nitrogen and oxygen atoms in total. The Morgan fingerprint density at radius 2 is 1.85 bits per heavy atom. The van der Waals surface area contributed by atoms with Gasteiger partial charge in [-0.2, -0.15) is 0 Å². The molecule has 2 rings (SSSR count). The maximum atomic E-state index is 13.7. The van der Waals surface area contributed by atoms with E-state index in [9.17, 15) is 4.39 Å². The van der Waals surface area contributed by atoms with Crippen LogP contribution < -0.4 is 10.5 Å². The summed E-state index contributed by atoms with van der Waals surface area (Å²) >= 11 is 6.70. The average Bonchev–Trinajstić information content (AvgIpc) is 2.41. The molecule has 106 valence electrons. The first-order chi connectivity index (χ1) is 9.60. The molecule has 0 atom stereocenters. The van der Waals surface area contributed by atoms with E-state index in [0.29, 0.717) is 22.3 Å². The van der Waals surface area contributed by atoms with E-state index in [4.69, 9.17) is 10.5 Å². The maximum Gasteiger partial charge on any atom is 0.130 e. The molecule has 0 aliphatic carbocycles. The molecule has 0 saturated carbocycles. The normalized spacial score (nSPS) is 10.6. The maximum absolute atomic E-state index is 13.7. The van der Waals surface area contributed by atoms with Crippen LogP contribution >= 0.6 is 31.9 Å². The lowest BCUT2D eigenvalue weighted by molar-refractivity contribution is 0.299. The van der Waals surface area contributed by atoms with E-state index in [-0.39, 0.29) is 12.4 Å². The van der Waals surface area contributed by atoms with Crippen LogP contribution in [0.25, 0.3) is 0 Å². The SMILES string of the molecule is NCCc1cc(OCc2ccc(Br)cc2F)ccc1Br. The standard InChI is InChI=1S/C15H14Br2FNO/c16-12-2-1-11(15(18)8-12)9-20-13-3-4-14(17)10(7-13)5-6-19/h1-4,7-8H,5-6,9,19H2. The third-order valence-electron chi connectivity index (χ3n) is 2.84. The Kier molecular flexibility index (Phi) is 5.57. The van der Waals surface area contributed by atoms with E-state index in [1.807, 2.05) is 18.2 Å². The van der Waals surface area contributed by atoms with Crippen LogP contribution in [0.3, 0.4) is 0 Å². The van der Waals surface area contributed by atoms with Gasteiger partial charge in [-0.1, -0.05) is 37.9 Å². The minimum Gasteiger partial charge on any atom is -0.489 e. The molecule has 0 saturated heterocycles. The summed E-state index contributed by atoms with van der Waals surface area (Å²) in [6.07, 6.45) is 0.768. The van der Waals surface area contributed by atoms with Crippen LogP contribution in [0.15, 0.2) is 45.3 Å². The Balaban J connectivity index is 2.08. The second-order valence-corrected chi connectivity index (χ2v) is 6.09. The number of nitrogens with two attached hydrogens (primary N) is 1. The fourth-order valence-electron chi connectivity index (χ4n) is 1.79. The van der Waals surface area contributed by atoms with Crippen molar-refractivity contribution in [3.05, 3.63) is 62.3 Å². The van der Waals surface area contributed by atoms with Crippen molar-refractivity contribution < 1.29 is 9.13 Å². The van der Waals surface area contributed by atoms with Gasteiger partial charge in [0.2, 0.25) is 0 Å². The third kappa shape index (κ3) is 4.04. The van der Waals surface area contributed by atoms with Crippen LogP contribution in [0.2, 0.25) is 0 Å². The molecule has 0 aliphatic rings. The predicted molar refractivity (Wildman–Crippen MR) is 85.3 cm³/mol. The van der Waals surface area contributed by atoms with Gasteiger partial charge >= 0.3 is 0 Å². The van der Waals surface area contributed by atoms with Gasteiger partial charge in [0.25, 0.3) is 0 Å². The summed E-state index contributed by atoms with van der Waals surface area (Å²) in [4.78, 5) is 0. The van der Waals surface area contributed by atoms with Crippen molar-refractivity contribution in [3.63, 3.8) is 0 Å². The second-order valence-electron chi connectivity index (χ2n) is 4.32. The Bertz CT molecular complexity index is 604. The van der Waals surface area contributed by atoms with Crippen LogP contribution in [0.1, 0.15) is 11.1 Å². The average molecular weight is 403 g/mol. The fourth-order valence-corrected chi connectivity index (χ4v) is 2.57. The van der Waals surface area contributed by atoms with Gasteiger partial charge in [-0.05, 0) is 48.9 Å². The van der Waals surface area contributed by atoms with Crippen LogP contribution in [0.4, 0.5) is 4.39 Å². The van der Waals surface area contributed by atoms with Gasteiger partial charge < -0.3 is 10.5 Å². The van der Waals surface area contributed by atoms with Crippen LogP contribution in [0, 0.1) is 5.82 Å². The second kappa shape index (κ2) is 7.20. The summed E-state index contributed by atoms with van der Waals surface area (Å²) in [6.45, 7) is 0.770. The predicted octanol–water partition coefficient (Wildman–Crippen LogP) is 4.43. The van der Waals surface area contributed by atoms with Crippen molar-refractivity contribution in [2.75, 3.05) is 6.54 Å². The van der Waals surface area contributed by atoms with E-state index < -0.39 is 0 Å². The molecule has 2 N–H and O–H groups in total. The Morgan fingerprint density at radius 1 is 1.05 bits per heavy atom. The largest absolute Gasteiger partial charge is 0.489 e. The molecule has 2 aromatic rings. The number of hydrogen-bond acceptors (Lipinski definition) is 2. The smallest absolute Gasteiger partial charge is 0.130 e. The molecule has 0 amide bonds. The zero-order chi connectivity index (χ0) is 14.5. The Hall–Kier alpha value is -0.910. The molecule has 20 heavy (non-hydrogen) atoms. The lowest BCUT2D eigenvalue weighted by Crippen LogP contribution is -2.04. The van der Waals surface area contributed by atoms with Crippen molar-refractivity contribution in [2.45, 2.75) is 13.0 Å². The number of benzene rings is 2. The van der Waals surface area contributed by atoms with Gasteiger partial charge in [-0.15, -0.1) is 0 Å². The molecule has 0 unspecified atom stereocenters. The Labute approximate surface area is 134 Å². The van der Waals surface area contributed by atoms with Crippen molar-refractivity contribution in [1.29, 1.82) is 0 Å². The third-order valence-corrected chi connectivity index (χ3v) is 4.11. The lowest BCUT2D eigenvalue weighted by Gasteiger charge is -2.10. The molecule has 0 spiro atoms. The quantitative estimate of drug-likeness (QED) is 0.802. The van der Waals surface area contributed by atoms with E-state index in [1.54, 1.807) is 12.1 Å². The zero-order valence-corrected chi connectivity index (χ0v) is 13.9. The number of ether oxygens (including phenoxy) is 1. The highest BCUT2D eigenvalue weighted by molar-refractivity contribution is 9.10. The van der Waals surface area contributed by atoms with Crippen LogP contribution in [0.5, 0.6) is 5.75 Å². The highest BCUT2D eigenvalue weighted by Gasteiger charge is 2.06. The fraction of sp³-hybridized carbons (Fsp3) is 0.200. The van der Waals surface area contributed by atoms with Crippen molar-refractivity contribution in [2.24, 2.45) is 5.73 Å². The van der Waals surface area contributed by atoms with Gasteiger partial charge in [-0.3, -0.25) is 0 Å². The molecule has 5 heteroatoms. The molecular weight excluding hydrogens is 389 g/mol. The molecule has 0 fully saturated rings. The summed E-state index contributed by atoms with van der Waals surface area (Å²) in [5.74, 6) is 0.428. The lowest BCUT2D eigenvalue weighted by atomic mass is 10.1. The first-order valence-electron chi connectivity index (χ1n) is 6.15. The first kappa shape index (κ1) is 15.5. The topological polar surface area (TPSA) is 35.2 Å². The highest BCUT2D eigenvalue weighted by Crippen LogP contribution is 2.24. The van der Waals surface area contributed by atoms with E-state index >= 15 is 0 Å². The zero-order valence-electron chi connectivity index (χ0n) is 10.7. The minimum absolute atomic E-state index is 0.197. The van der Waals surface area contributed by atoms with Crippen LogP contribution in [-0.2, 0) is 13.0 Å². The van der Waals surface area contributed by atoms with E-state index in [1.165, 1.54) is 6.07 Å². The summed E-state index contributed by atoms with van der Waals surface area (Å²) in [6, 6.07) is 10.6. The van der Waals surface area contributed by atoms with Gasteiger partial charge in [0, 0.05) is 14.5 Å². The summed E-state index contributed by atoms with van der Waals surface area (Å²) in [5.41, 5.74) is 7.17. The first-order valence-corrected chi connectivity index (χ1v) is 7.74. The molecule has 0 aliphatic heterocycles. The highest BCUT2D eigenvalue weighted by atomic mass is 79.9. The summed E-state index contributed by atoms with van der Waals surface area (Å²) in [5, 5.41) is 0. The molecular formula is C15H14Br2FNO. The molecule has 0 radical (unpaired) electrons. The molecule has 2 aromatic carbocycles.